The summed E-state index contributed by atoms with van der Waals surface area (Å²) in [7, 11) is -2.99. The summed E-state index contributed by atoms with van der Waals surface area (Å²) in [5.74, 6) is 0.207. The van der Waals surface area contributed by atoms with Crippen LogP contribution in [0.3, 0.4) is 0 Å². The predicted octanol–water partition coefficient (Wildman–Crippen LogP) is 2.76. The quantitative estimate of drug-likeness (QED) is 0.919. The summed E-state index contributed by atoms with van der Waals surface area (Å²) in [6, 6.07) is 7.27. The van der Waals surface area contributed by atoms with Crippen molar-refractivity contribution in [3.63, 3.8) is 0 Å². The Morgan fingerprint density at radius 1 is 1.31 bits per heavy atom. The van der Waals surface area contributed by atoms with Gasteiger partial charge in [0.1, 0.15) is 0 Å². The Hall–Kier alpha value is -1.00. The molecule has 5 heteroatoms. The van der Waals surface area contributed by atoms with Crippen LogP contribution in [0.1, 0.15) is 12.6 Å². The van der Waals surface area contributed by atoms with Gasteiger partial charge in [0.15, 0.2) is 9.84 Å². The van der Waals surface area contributed by atoms with E-state index in [1.807, 2.05) is 18.2 Å². The summed E-state index contributed by atoms with van der Waals surface area (Å²) in [6.07, 6.45) is 0. The van der Waals surface area contributed by atoms with Crippen molar-refractivity contribution in [1.29, 1.82) is 0 Å². The minimum Gasteiger partial charge on any atom is -0.358 e. The SMILES string of the molecule is CCS(=O)(=O)Cc1cc2cc(Cl)ccc2[nH]1. The molecule has 0 radical (unpaired) electrons. The van der Waals surface area contributed by atoms with Crippen LogP contribution < -0.4 is 0 Å². The highest BCUT2D eigenvalue weighted by atomic mass is 35.5. The van der Waals surface area contributed by atoms with Gasteiger partial charge in [-0.2, -0.15) is 0 Å². The Morgan fingerprint density at radius 2 is 2.06 bits per heavy atom. The fraction of sp³-hybridized carbons (Fsp3) is 0.273. The summed E-state index contributed by atoms with van der Waals surface area (Å²) < 4.78 is 22.9. The van der Waals surface area contributed by atoms with Crippen molar-refractivity contribution in [2.75, 3.05) is 5.75 Å². The van der Waals surface area contributed by atoms with Gasteiger partial charge in [-0.3, -0.25) is 0 Å². The third-order valence-corrected chi connectivity index (χ3v) is 4.32. The lowest BCUT2D eigenvalue weighted by atomic mass is 10.2. The van der Waals surface area contributed by atoms with Crippen molar-refractivity contribution in [3.8, 4) is 0 Å². The molecule has 0 atom stereocenters. The van der Waals surface area contributed by atoms with Gasteiger partial charge in [0.25, 0.3) is 0 Å². The number of benzene rings is 1. The second-order valence-electron chi connectivity index (χ2n) is 3.70. The minimum atomic E-state index is -2.99. The Labute approximate surface area is 99.3 Å². The van der Waals surface area contributed by atoms with Gasteiger partial charge in [0, 0.05) is 27.4 Å². The van der Waals surface area contributed by atoms with Crippen LogP contribution in [0.5, 0.6) is 0 Å². The molecule has 0 amide bonds. The number of sulfone groups is 1. The molecule has 0 saturated carbocycles. The molecular formula is C11H12ClNO2S. The van der Waals surface area contributed by atoms with Crippen LogP contribution in [-0.4, -0.2) is 19.2 Å². The van der Waals surface area contributed by atoms with E-state index in [4.69, 9.17) is 11.6 Å². The van der Waals surface area contributed by atoms with E-state index >= 15 is 0 Å². The molecule has 0 spiro atoms. The van der Waals surface area contributed by atoms with E-state index in [-0.39, 0.29) is 11.5 Å². The number of hydrogen-bond donors (Lipinski definition) is 1. The highest BCUT2D eigenvalue weighted by Crippen LogP contribution is 2.21. The van der Waals surface area contributed by atoms with E-state index in [0.717, 1.165) is 10.9 Å². The van der Waals surface area contributed by atoms with Crippen molar-refractivity contribution < 1.29 is 8.42 Å². The monoisotopic (exact) mass is 257 g/mol. The maximum absolute atomic E-state index is 11.5. The van der Waals surface area contributed by atoms with Crippen LogP contribution in [-0.2, 0) is 15.6 Å². The Morgan fingerprint density at radius 3 is 2.75 bits per heavy atom. The van der Waals surface area contributed by atoms with E-state index in [1.54, 1.807) is 13.0 Å². The summed E-state index contributed by atoms with van der Waals surface area (Å²) in [5, 5.41) is 1.59. The molecule has 0 aliphatic rings. The van der Waals surface area contributed by atoms with E-state index in [0.29, 0.717) is 10.7 Å². The fourth-order valence-corrected chi connectivity index (χ4v) is 2.59. The minimum absolute atomic E-state index is 0.0514. The first-order chi connectivity index (χ1) is 7.50. The number of halogens is 1. The van der Waals surface area contributed by atoms with Gasteiger partial charge in [0.2, 0.25) is 0 Å². The van der Waals surface area contributed by atoms with Crippen molar-refractivity contribution >= 4 is 32.3 Å². The van der Waals surface area contributed by atoms with E-state index < -0.39 is 9.84 Å². The number of aromatic amines is 1. The number of nitrogens with one attached hydrogen (secondary N) is 1. The van der Waals surface area contributed by atoms with E-state index in [2.05, 4.69) is 4.98 Å². The van der Waals surface area contributed by atoms with Crippen LogP contribution in [0.25, 0.3) is 10.9 Å². The molecule has 1 heterocycles. The molecule has 0 aliphatic heterocycles. The fourth-order valence-electron chi connectivity index (χ4n) is 1.58. The lowest BCUT2D eigenvalue weighted by Gasteiger charge is -1.97. The average Bonchev–Trinajstić information content (AvgIpc) is 2.58. The molecule has 1 N–H and O–H groups in total. The summed E-state index contributed by atoms with van der Waals surface area (Å²) in [6.45, 7) is 1.65. The van der Waals surface area contributed by atoms with Crippen LogP contribution in [0, 0.1) is 0 Å². The Bertz CT molecular complexity index is 616. The Balaban J connectivity index is 2.40. The largest absolute Gasteiger partial charge is 0.358 e. The van der Waals surface area contributed by atoms with Crippen molar-refractivity contribution in [2.45, 2.75) is 12.7 Å². The maximum atomic E-state index is 11.5. The zero-order valence-electron chi connectivity index (χ0n) is 8.83. The normalized spacial score (nSPS) is 12.1. The number of rotatable bonds is 3. The third kappa shape index (κ3) is 2.39. The van der Waals surface area contributed by atoms with Crippen molar-refractivity contribution in [3.05, 3.63) is 35.0 Å². The molecule has 0 unspecified atom stereocenters. The average molecular weight is 258 g/mol. The molecule has 0 bridgehead atoms. The zero-order chi connectivity index (χ0) is 11.8. The van der Waals surface area contributed by atoms with Gasteiger partial charge in [-0.05, 0) is 24.3 Å². The first-order valence-corrected chi connectivity index (χ1v) is 7.18. The molecule has 86 valence electrons. The molecule has 0 aliphatic carbocycles. The number of fused-ring (bicyclic) bond motifs is 1. The molecular weight excluding hydrogens is 246 g/mol. The molecule has 0 saturated heterocycles. The van der Waals surface area contributed by atoms with Crippen LogP contribution in [0.15, 0.2) is 24.3 Å². The highest BCUT2D eigenvalue weighted by Gasteiger charge is 2.11. The lowest BCUT2D eigenvalue weighted by molar-refractivity contribution is 0.596. The number of hydrogen-bond acceptors (Lipinski definition) is 2. The van der Waals surface area contributed by atoms with Gasteiger partial charge >= 0.3 is 0 Å². The van der Waals surface area contributed by atoms with Crippen molar-refractivity contribution in [2.24, 2.45) is 0 Å². The summed E-state index contributed by atoms with van der Waals surface area (Å²) >= 11 is 5.86. The van der Waals surface area contributed by atoms with Crippen molar-refractivity contribution in [1.82, 2.24) is 4.98 Å². The van der Waals surface area contributed by atoms with Crippen LogP contribution >= 0.6 is 11.6 Å². The molecule has 2 aromatic rings. The summed E-state index contributed by atoms with van der Waals surface area (Å²) in [5.41, 5.74) is 1.62. The summed E-state index contributed by atoms with van der Waals surface area (Å²) in [4.78, 5) is 3.08. The maximum Gasteiger partial charge on any atom is 0.155 e. The Kier molecular flexibility index (Phi) is 2.95. The molecule has 3 nitrogen and oxygen atoms in total. The van der Waals surface area contributed by atoms with E-state index in [9.17, 15) is 8.42 Å². The first-order valence-electron chi connectivity index (χ1n) is 4.98. The number of aromatic nitrogens is 1. The molecule has 1 aromatic heterocycles. The topological polar surface area (TPSA) is 49.9 Å². The molecule has 2 rings (SSSR count). The standard InChI is InChI=1S/C11H12ClNO2S/c1-2-16(14,15)7-10-6-8-5-9(12)3-4-11(8)13-10/h3-6,13H,2,7H2,1H3. The second-order valence-corrected chi connectivity index (χ2v) is 6.49. The first kappa shape index (κ1) is 11.5. The van der Waals surface area contributed by atoms with Crippen LogP contribution in [0.4, 0.5) is 0 Å². The van der Waals surface area contributed by atoms with Gasteiger partial charge in [-0.15, -0.1) is 0 Å². The van der Waals surface area contributed by atoms with E-state index in [1.165, 1.54) is 0 Å². The number of H-pyrrole nitrogens is 1. The second kappa shape index (κ2) is 4.11. The molecule has 1 aromatic carbocycles. The molecule has 0 fully saturated rings. The van der Waals surface area contributed by atoms with Gasteiger partial charge in [0.05, 0.1) is 5.75 Å². The lowest BCUT2D eigenvalue weighted by Crippen LogP contribution is -2.06. The van der Waals surface area contributed by atoms with Gasteiger partial charge < -0.3 is 4.98 Å². The highest BCUT2D eigenvalue weighted by molar-refractivity contribution is 7.90. The third-order valence-electron chi connectivity index (χ3n) is 2.45. The van der Waals surface area contributed by atoms with Crippen LogP contribution in [0.2, 0.25) is 5.02 Å². The predicted molar refractivity (Wildman–Crippen MR) is 66.5 cm³/mol. The van der Waals surface area contributed by atoms with Gasteiger partial charge in [-0.1, -0.05) is 18.5 Å². The smallest absolute Gasteiger partial charge is 0.155 e. The molecule has 16 heavy (non-hydrogen) atoms. The van der Waals surface area contributed by atoms with Gasteiger partial charge in [-0.25, -0.2) is 8.42 Å². The zero-order valence-corrected chi connectivity index (χ0v) is 10.4.